The Hall–Kier alpha value is -0.401. The van der Waals surface area contributed by atoms with Crippen LogP contribution in [0.2, 0.25) is 0 Å². The summed E-state index contributed by atoms with van der Waals surface area (Å²) in [5.41, 5.74) is 0. The number of carbonyl (C=O) groups is 4. The zero-order valence-electron chi connectivity index (χ0n) is 12.6. The largest absolute Gasteiger partial charge is 2.00 e. The molecule has 0 aliphatic heterocycles. The molecule has 0 aromatic heterocycles. The van der Waals surface area contributed by atoms with Crippen molar-refractivity contribution in [1.82, 2.24) is 0 Å². The maximum absolute atomic E-state index is 8.56. The summed E-state index contributed by atoms with van der Waals surface area (Å²) in [7, 11) is 0. The Balaban J connectivity index is -0.00000001000. The quantitative estimate of drug-likeness (QED) is 0.284. The van der Waals surface area contributed by atoms with Crippen LogP contribution in [0.4, 0.5) is 19.2 Å². The van der Waals surface area contributed by atoms with Gasteiger partial charge in [-0.2, -0.15) is 0 Å². The summed E-state index contributed by atoms with van der Waals surface area (Å²) in [5, 5.41) is 55.8. The van der Waals surface area contributed by atoms with Crippen LogP contribution in [-0.2, 0) is 0 Å². The molecule has 0 spiro atoms. The van der Waals surface area contributed by atoms with E-state index in [1.54, 1.807) is 0 Å². The topological polar surface area (TPSA) is 230 Å². The molecule has 0 radical (unpaired) electrons. The van der Waals surface area contributed by atoms with E-state index >= 15 is 0 Å². The van der Waals surface area contributed by atoms with Crippen LogP contribution in [0.5, 0.6) is 0 Å². The van der Waals surface area contributed by atoms with Crippen molar-refractivity contribution >= 4 is 100 Å². The second-order valence-corrected chi connectivity index (χ2v) is 1.13. The van der Waals surface area contributed by atoms with E-state index in [1.807, 2.05) is 0 Å². The van der Waals surface area contributed by atoms with Crippen LogP contribution in [0.3, 0.4) is 0 Å². The van der Waals surface area contributed by atoms with Gasteiger partial charge in [0.2, 0.25) is 0 Å². The maximum atomic E-state index is 8.56. The summed E-state index contributed by atoms with van der Waals surface area (Å²) in [5.74, 6) is 0. The van der Waals surface area contributed by atoms with Gasteiger partial charge in [-0.3, -0.25) is 0 Å². The zero-order chi connectivity index (χ0) is 14.3. The minimum atomic E-state index is -1.83. The van der Waals surface area contributed by atoms with Gasteiger partial charge in [-0.25, -0.2) is 19.2 Å². The number of hydrogen-bond acceptors (Lipinski definition) is 4. The molecule has 0 aliphatic carbocycles. The molecule has 8 N–H and O–H groups in total. The first-order chi connectivity index (χ1) is 6.93. The predicted octanol–water partition coefficient (Wildman–Crippen LogP) is 0.578. The first-order valence-corrected chi connectivity index (χ1v) is 2.61. The van der Waals surface area contributed by atoms with Crippen LogP contribution >= 0.6 is 0 Å². The van der Waals surface area contributed by atoms with Crippen molar-refractivity contribution < 1.29 is 65.7 Å². The molecule has 0 amide bonds. The molecular weight excluding hydrogens is 320 g/mol. The van der Waals surface area contributed by atoms with Crippen LogP contribution in [-0.4, -0.2) is 141 Å². The van der Waals surface area contributed by atoms with Gasteiger partial charge >= 0.3 is 100 Å². The smallest absolute Gasteiger partial charge is 1.00 e. The average molecular weight is 332 g/mol. The maximum Gasteiger partial charge on any atom is 2.00 e. The second-order valence-electron chi connectivity index (χ2n) is 1.13. The Morgan fingerprint density at radius 3 is 0.444 bits per heavy atom. The summed E-state index contributed by atoms with van der Waals surface area (Å²) in [6.07, 6.45) is -7.33. The third kappa shape index (κ3) is 20700. The second kappa shape index (κ2) is 30.0. The fourth-order valence-electron chi connectivity index (χ4n) is 0. The standard InChI is InChI=1S/4CH2O3.2Ca.4H/c4*2-1(3)4;;;;;;/h4*(H2,2,3,4);;;;;;/q;;;;2*+2;4*-1. The molecule has 0 aromatic carbocycles. The summed E-state index contributed by atoms with van der Waals surface area (Å²) in [4.78, 5) is 34.2. The van der Waals surface area contributed by atoms with Gasteiger partial charge in [0, 0.05) is 0 Å². The molecule has 0 rings (SSSR count). The molecule has 14 heteroatoms. The molecule has 0 saturated carbocycles. The van der Waals surface area contributed by atoms with E-state index in [2.05, 4.69) is 0 Å². The van der Waals surface area contributed by atoms with Gasteiger partial charge in [0.1, 0.15) is 0 Å². The van der Waals surface area contributed by atoms with Gasteiger partial charge in [0.15, 0.2) is 0 Å². The van der Waals surface area contributed by atoms with Crippen molar-refractivity contribution in [2.75, 3.05) is 0 Å². The molecule has 0 atom stereocenters. The van der Waals surface area contributed by atoms with E-state index in [-0.39, 0.29) is 81.2 Å². The number of carboxylic acid groups (broad SMARTS) is 8. The first-order valence-electron chi connectivity index (χ1n) is 2.61. The summed E-state index contributed by atoms with van der Waals surface area (Å²) >= 11 is 0. The number of hydrogen-bond donors (Lipinski definition) is 8. The van der Waals surface area contributed by atoms with E-state index < -0.39 is 24.6 Å². The first kappa shape index (κ1) is 36.0. The van der Waals surface area contributed by atoms with Crippen molar-refractivity contribution in [2.24, 2.45) is 0 Å². The molecule has 0 heterocycles. The van der Waals surface area contributed by atoms with Crippen molar-refractivity contribution in [3.63, 3.8) is 0 Å². The Bertz CT molecular complexity index is 177. The van der Waals surface area contributed by atoms with Gasteiger partial charge in [-0.15, -0.1) is 0 Å². The van der Waals surface area contributed by atoms with Gasteiger partial charge in [-0.1, -0.05) is 0 Å². The molecule has 0 unspecified atom stereocenters. The zero-order valence-corrected chi connectivity index (χ0v) is 13.0. The predicted molar refractivity (Wildman–Crippen MR) is 58.6 cm³/mol. The van der Waals surface area contributed by atoms with E-state index in [0.29, 0.717) is 0 Å². The molecular formula is C4H12Ca2O12. The molecule has 0 fully saturated rings. The van der Waals surface area contributed by atoms with E-state index in [1.165, 1.54) is 0 Å². The molecule has 12 nitrogen and oxygen atoms in total. The van der Waals surface area contributed by atoms with E-state index in [4.69, 9.17) is 60.0 Å². The van der Waals surface area contributed by atoms with Crippen LogP contribution < -0.4 is 0 Å². The Morgan fingerprint density at radius 1 is 0.444 bits per heavy atom. The SMILES string of the molecule is O=C(O)O.O=C(O)O.O=C(O)O.O=C(O)O.[Ca+2].[Ca+2].[H-].[H-].[H-].[H-]. The molecule has 0 saturated heterocycles. The molecule has 104 valence electrons. The normalized spacial score (nSPS) is 5.33. The summed E-state index contributed by atoms with van der Waals surface area (Å²) in [6, 6.07) is 0. The minimum absolute atomic E-state index is 0. The molecule has 0 bridgehead atoms. The van der Waals surface area contributed by atoms with Gasteiger partial charge in [0.25, 0.3) is 0 Å². The van der Waals surface area contributed by atoms with Gasteiger partial charge in [-0.05, 0) is 0 Å². The Labute approximate surface area is 164 Å². The van der Waals surface area contributed by atoms with E-state index in [9.17, 15) is 0 Å². The number of rotatable bonds is 0. The molecule has 18 heavy (non-hydrogen) atoms. The third-order valence-electron chi connectivity index (χ3n) is 0. The van der Waals surface area contributed by atoms with Crippen LogP contribution in [0.25, 0.3) is 0 Å². The average Bonchev–Trinajstić information content (AvgIpc) is 1.76. The Kier molecular flexibility index (Phi) is 60.1. The van der Waals surface area contributed by atoms with Crippen molar-refractivity contribution in [1.29, 1.82) is 0 Å². The minimum Gasteiger partial charge on any atom is -1.00 e. The summed E-state index contributed by atoms with van der Waals surface area (Å²) < 4.78 is 0. The van der Waals surface area contributed by atoms with E-state index in [0.717, 1.165) is 0 Å². The van der Waals surface area contributed by atoms with Crippen LogP contribution in [0.15, 0.2) is 0 Å². The van der Waals surface area contributed by atoms with Crippen molar-refractivity contribution in [2.45, 2.75) is 0 Å². The monoisotopic (exact) mass is 332 g/mol. The molecule has 0 aliphatic rings. The van der Waals surface area contributed by atoms with Gasteiger partial charge in [0.05, 0.1) is 0 Å². The van der Waals surface area contributed by atoms with Crippen molar-refractivity contribution in [3.8, 4) is 0 Å². The third-order valence-corrected chi connectivity index (χ3v) is 0. The fourth-order valence-corrected chi connectivity index (χ4v) is 0. The van der Waals surface area contributed by atoms with Crippen LogP contribution in [0, 0.1) is 0 Å². The van der Waals surface area contributed by atoms with Crippen LogP contribution in [0.1, 0.15) is 5.71 Å². The Morgan fingerprint density at radius 2 is 0.444 bits per heavy atom. The summed E-state index contributed by atoms with van der Waals surface area (Å²) in [6.45, 7) is 0. The van der Waals surface area contributed by atoms with Gasteiger partial charge < -0.3 is 46.6 Å². The van der Waals surface area contributed by atoms with Crippen molar-refractivity contribution in [3.05, 3.63) is 0 Å². The fraction of sp³-hybridized carbons (Fsp3) is 0. The molecule has 0 aromatic rings.